The lowest BCUT2D eigenvalue weighted by Crippen LogP contribution is -2.35. The maximum absolute atomic E-state index is 13.3. The molecule has 0 saturated heterocycles. The number of alkyl halides is 2. The Morgan fingerprint density at radius 3 is 2.65 bits per heavy atom. The Morgan fingerprint density at radius 2 is 2.03 bits per heavy atom. The normalized spacial score (nSPS) is 15.1. The largest absolute Gasteiger partial charge is 0.444 e. The molecule has 7 nitrogen and oxygen atoms in total. The van der Waals surface area contributed by atoms with Crippen LogP contribution in [0.5, 0.6) is 0 Å². The van der Waals surface area contributed by atoms with Crippen molar-refractivity contribution >= 4 is 23.5 Å². The van der Waals surface area contributed by atoms with Gasteiger partial charge in [-0.3, -0.25) is 4.79 Å². The van der Waals surface area contributed by atoms with E-state index in [9.17, 15) is 18.4 Å². The molecular weight excluding hydrogens is 430 g/mol. The molecule has 1 heterocycles. The molecule has 1 aliphatic rings. The third-order valence-electron chi connectivity index (χ3n) is 4.77. The van der Waals surface area contributed by atoms with Gasteiger partial charge in [0.2, 0.25) is 0 Å². The van der Waals surface area contributed by atoms with E-state index >= 15 is 0 Å². The molecule has 1 atom stereocenters. The molecule has 0 spiro atoms. The van der Waals surface area contributed by atoms with E-state index in [0.717, 1.165) is 23.9 Å². The van der Waals surface area contributed by atoms with Gasteiger partial charge in [0, 0.05) is 12.3 Å². The number of aromatic nitrogens is 3. The van der Waals surface area contributed by atoms with Gasteiger partial charge in [-0.05, 0) is 57.7 Å². The van der Waals surface area contributed by atoms with Crippen LogP contribution in [0.25, 0.3) is 5.69 Å². The summed E-state index contributed by atoms with van der Waals surface area (Å²) in [6.07, 6.45) is -0.0253. The Balaban J connectivity index is 1.88. The van der Waals surface area contributed by atoms with Gasteiger partial charge in [0.05, 0.1) is 16.8 Å². The summed E-state index contributed by atoms with van der Waals surface area (Å²) in [5.74, 6) is -0.284. The number of Topliss-reactive ketones (excluding diaryl/α,β-unsaturated/α-hetero) is 1. The van der Waals surface area contributed by atoms with Crippen LogP contribution in [-0.2, 0) is 9.53 Å². The van der Waals surface area contributed by atoms with Gasteiger partial charge >= 0.3 is 6.09 Å². The molecule has 0 unspecified atom stereocenters. The fourth-order valence-corrected chi connectivity index (χ4v) is 3.36. The molecule has 1 aromatic carbocycles. The lowest BCUT2D eigenvalue weighted by Gasteiger charge is -2.24. The molecule has 1 amide bonds. The highest BCUT2D eigenvalue weighted by Gasteiger charge is 2.30. The number of carbonyl (C=O) groups excluding carboxylic acids is 2. The van der Waals surface area contributed by atoms with Crippen molar-refractivity contribution in [1.82, 2.24) is 20.1 Å². The summed E-state index contributed by atoms with van der Waals surface area (Å²) >= 11 is 6.24. The Morgan fingerprint density at radius 1 is 1.32 bits per heavy atom. The van der Waals surface area contributed by atoms with Crippen molar-refractivity contribution in [3.8, 4) is 5.69 Å². The van der Waals surface area contributed by atoms with Gasteiger partial charge in [-0.15, -0.1) is 0 Å². The molecule has 1 N–H and O–H groups in total. The maximum atomic E-state index is 13.3. The fraction of sp³-hybridized carbons (Fsp3) is 0.524. The summed E-state index contributed by atoms with van der Waals surface area (Å²) < 4.78 is 32.9. The third-order valence-corrected chi connectivity index (χ3v) is 5.09. The summed E-state index contributed by atoms with van der Waals surface area (Å²) in [6, 6.07) is 4.20. The predicted molar refractivity (Wildman–Crippen MR) is 110 cm³/mol. The fourth-order valence-electron chi connectivity index (χ4n) is 3.16. The summed E-state index contributed by atoms with van der Waals surface area (Å²) in [6.45, 7) is 5.24. The quantitative estimate of drug-likeness (QED) is 0.593. The summed E-state index contributed by atoms with van der Waals surface area (Å²) in [4.78, 5) is 28.2. The Hall–Kier alpha value is -2.55. The number of hydrogen-bond acceptors (Lipinski definition) is 5. The molecule has 0 aliphatic heterocycles. The van der Waals surface area contributed by atoms with Gasteiger partial charge in [-0.2, -0.15) is 5.10 Å². The molecule has 2 aromatic rings. The number of benzene rings is 1. The standard InChI is InChI=1S/C21H25ClF2N4O3/c1-21(2,3)31-20(30)27-15(8-9-17(29)12-4-5-12)13-6-7-14(22)16(10-13)28-19(18(23)24)25-11-26-28/h6-7,10-12,15,18H,4-5,8-9H2,1-3H3,(H,27,30)/t15-/m1/s1. The van der Waals surface area contributed by atoms with E-state index in [4.69, 9.17) is 16.3 Å². The van der Waals surface area contributed by atoms with E-state index in [0.29, 0.717) is 12.0 Å². The van der Waals surface area contributed by atoms with Crippen molar-refractivity contribution in [3.05, 3.63) is 40.9 Å². The van der Waals surface area contributed by atoms with Gasteiger partial charge in [0.1, 0.15) is 17.7 Å². The highest BCUT2D eigenvalue weighted by Crippen LogP contribution is 2.33. The number of ether oxygens (including phenoxy) is 1. The number of halogens is 3. The molecule has 1 saturated carbocycles. The summed E-state index contributed by atoms with van der Waals surface area (Å²) in [5, 5.41) is 6.84. The van der Waals surface area contributed by atoms with Crippen LogP contribution < -0.4 is 5.32 Å². The van der Waals surface area contributed by atoms with Crippen molar-refractivity contribution in [2.45, 2.75) is 64.5 Å². The Labute approximate surface area is 184 Å². The van der Waals surface area contributed by atoms with Crippen molar-refractivity contribution in [2.75, 3.05) is 0 Å². The van der Waals surface area contributed by atoms with Crippen LogP contribution in [0.3, 0.4) is 0 Å². The van der Waals surface area contributed by atoms with E-state index in [1.54, 1.807) is 32.9 Å². The number of hydrogen-bond donors (Lipinski definition) is 1. The molecule has 0 bridgehead atoms. The molecule has 1 fully saturated rings. The second kappa shape index (κ2) is 9.30. The van der Waals surface area contributed by atoms with Gasteiger partial charge in [-0.1, -0.05) is 17.7 Å². The molecule has 168 valence electrons. The average Bonchev–Trinajstić information content (AvgIpc) is 3.40. The zero-order chi connectivity index (χ0) is 22.8. The van der Waals surface area contributed by atoms with Crippen molar-refractivity contribution in [2.24, 2.45) is 5.92 Å². The number of carbonyl (C=O) groups is 2. The van der Waals surface area contributed by atoms with Crippen LogP contribution >= 0.6 is 11.6 Å². The van der Waals surface area contributed by atoms with Crippen LogP contribution in [0.4, 0.5) is 13.6 Å². The van der Waals surface area contributed by atoms with E-state index in [1.165, 1.54) is 6.07 Å². The number of alkyl carbamates (subject to hydrolysis) is 1. The lowest BCUT2D eigenvalue weighted by atomic mass is 9.99. The van der Waals surface area contributed by atoms with Gasteiger partial charge < -0.3 is 10.1 Å². The monoisotopic (exact) mass is 454 g/mol. The molecule has 31 heavy (non-hydrogen) atoms. The van der Waals surface area contributed by atoms with E-state index < -0.39 is 30.0 Å². The second-order valence-electron chi connectivity index (χ2n) is 8.52. The predicted octanol–water partition coefficient (Wildman–Crippen LogP) is 5.18. The highest BCUT2D eigenvalue weighted by atomic mass is 35.5. The van der Waals surface area contributed by atoms with Crippen molar-refractivity contribution in [3.63, 3.8) is 0 Å². The summed E-state index contributed by atoms with van der Waals surface area (Å²) in [5.41, 5.74) is 0.0947. The lowest BCUT2D eigenvalue weighted by molar-refractivity contribution is -0.120. The second-order valence-corrected chi connectivity index (χ2v) is 8.93. The van der Waals surface area contributed by atoms with Crippen molar-refractivity contribution < 1.29 is 23.1 Å². The minimum absolute atomic E-state index is 0.103. The Kier molecular flexibility index (Phi) is 6.93. The zero-order valence-corrected chi connectivity index (χ0v) is 18.3. The number of rotatable bonds is 8. The first-order valence-electron chi connectivity index (χ1n) is 10.1. The minimum Gasteiger partial charge on any atom is -0.444 e. The number of nitrogens with zero attached hydrogens (tertiary/aromatic N) is 3. The third kappa shape index (κ3) is 6.22. The number of nitrogens with one attached hydrogen (secondary N) is 1. The van der Waals surface area contributed by atoms with Crippen LogP contribution in [0, 0.1) is 5.92 Å². The van der Waals surface area contributed by atoms with Gasteiger partial charge in [0.25, 0.3) is 6.43 Å². The first-order valence-corrected chi connectivity index (χ1v) is 10.4. The summed E-state index contributed by atoms with van der Waals surface area (Å²) in [7, 11) is 0. The van der Waals surface area contributed by atoms with Crippen LogP contribution in [-0.4, -0.2) is 32.2 Å². The van der Waals surface area contributed by atoms with Gasteiger partial charge in [0.15, 0.2) is 5.82 Å². The SMILES string of the molecule is CC(C)(C)OC(=O)N[C@H](CCC(=O)C1CC1)c1ccc(Cl)c(-n2ncnc2C(F)F)c1. The molecule has 1 aromatic heterocycles. The first kappa shape index (κ1) is 23.1. The van der Waals surface area contributed by atoms with E-state index in [2.05, 4.69) is 15.4 Å². The zero-order valence-electron chi connectivity index (χ0n) is 17.6. The minimum atomic E-state index is -2.84. The number of ketones is 1. The molecule has 1 aliphatic carbocycles. The average molecular weight is 455 g/mol. The topological polar surface area (TPSA) is 86.1 Å². The van der Waals surface area contributed by atoms with Crippen LogP contribution in [0.2, 0.25) is 5.02 Å². The number of amides is 1. The van der Waals surface area contributed by atoms with Crippen molar-refractivity contribution in [1.29, 1.82) is 0 Å². The molecule has 3 rings (SSSR count). The van der Waals surface area contributed by atoms with Gasteiger partial charge in [-0.25, -0.2) is 23.2 Å². The maximum Gasteiger partial charge on any atom is 0.408 e. The van der Waals surface area contributed by atoms with E-state index in [-0.39, 0.29) is 28.8 Å². The van der Waals surface area contributed by atoms with E-state index in [1.807, 2.05) is 0 Å². The molecule has 0 radical (unpaired) electrons. The highest BCUT2D eigenvalue weighted by molar-refractivity contribution is 6.32. The van der Waals surface area contributed by atoms with Crippen LogP contribution in [0.1, 0.15) is 70.3 Å². The first-order chi connectivity index (χ1) is 14.5. The smallest absolute Gasteiger partial charge is 0.408 e. The molecule has 10 heteroatoms. The molecular formula is C21H25ClF2N4O3. The van der Waals surface area contributed by atoms with Crippen LogP contribution in [0.15, 0.2) is 24.5 Å². The Bertz CT molecular complexity index is 954.